The van der Waals surface area contributed by atoms with Crippen molar-refractivity contribution in [3.63, 3.8) is 0 Å². The Labute approximate surface area is 171 Å². The molecule has 1 unspecified atom stereocenters. The number of hydrogen-bond acceptors (Lipinski definition) is 3. The lowest BCUT2D eigenvalue weighted by molar-refractivity contribution is -0.136. The molecule has 2 aliphatic rings. The molecule has 0 fully saturated rings. The highest BCUT2D eigenvalue weighted by atomic mass is 35.5. The molecule has 3 aromatic carbocycles. The Morgan fingerprint density at radius 1 is 1.00 bits per heavy atom. The molecule has 5 rings (SSSR count). The minimum absolute atomic E-state index is 0.00101. The number of esters is 1. The van der Waals surface area contributed by atoms with Gasteiger partial charge in [-0.15, -0.1) is 0 Å². The zero-order chi connectivity index (χ0) is 20.1. The van der Waals surface area contributed by atoms with Gasteiger partial charge >= 0.3 is 5.97 Å². The Morgan fingerprint density at radius 2 is 1.79 bits per heavy atom. The summed E-state index contributed by atoms with van der Waals surface area (Å²) in [5.41, 5.74) is 2.27. The van der Waals surface area contributed by atoms with Gasteiger partial charge in [0, 0.05) is 12.3 Å². The largest absolute Gasteiger partial charge is 0.456 e. The normalized spacial score (nSPS) is 19.0. The zero-order valence-corrected chi connectivity index (χ0v) is 15.9. The zero-order valence-electron chi connectivity index (χ0n) is 15.2. The van der Waals surface area contributed by atoms with E-state index in [4.69, 9.17) is 16.3 Å². The minimum atomic E-state index is -0.568. The lowest BCUT2D eigenvalue weighted by atomic mass is 9.83. The summed E-state index contributed by atoms with van der Waals surface area (Å²) in [5.74, 6) is -1.57. The molecule has 2 heterocycles. The first kappa shape index (κ1) is 17.9. The van der Waals surface area contributed by atoms with Gasteiger partial charge in [0.2, 0.25) is 5.91 Å². The van der Waals surface area contributed by atoms with Crippen molar-refractivity contribution in [3.05, 3.63) is 88.3 Å². The third kappa shape index (κ3) is 2.89. The summed E-state index contributed by atoms with van der Waals surface area (Å²) < 4.78 is 18.9. The second kappa shape index (κ2) is 6.71. The fraction of sp³-hybridized carbons (Fsp3) is 0.130. The van der Waals surface area contributed by atoms with Crippen LogP contribution >= 0.6 is 11.6 Å². The maximum absolute atomic E-state index is 13.6. The predicted molar refractivity (Wildman–Crippen MR) is 108 cm³/mol. The second-order valence-corrected chi connectivity index (χ2v) is 7.53. The van der Waals surface area contributed by atoms with Crippen LogP contribution < -0.4 is 4.90 Å². The van der Waals surface area contributed by atoms with Crippen molar-refractivity contribution in [3.8, 4) is 0 Å². The van der Waals surface area contributed by atoms with Crippen LogP contribution in [0.1, 0.15) is 17.9 Å². The van der Waals surface area contributed by atoms with Crippen molar-refractivity contribution in [2.24, 2.45) is 0 Å². The number of carbonyl (C=O) groups is 2. The van der Waals surface area contributed by atoms with E-state index in [0.29, 0.717) is 17.0 Å². The summed E-state index contributed by atoms with van der Waals surface area (Å²) >= 11 is 5.91. The van der Waals surface area contributed by atoms with Gasteiger partial charge in [-0.1, -0.05) is 54.1 Å². The molecule has 6 heteroatoms. The molecule has 1 atom stereocenters. The molecule has 4 nitrogen and oxygen atoms in total. The number of fused-ring (bicyclic) bond motifs is 1. The molecular formula is C23H15ClFNO3. The Kier molecular flexibility index (Phi) is 4.14. The number of anilines is 1. The number of amides is 1. The number of halogens is 2. The summed E-state index contributed by atoms with van der Waals surface area (Å²) in [5, 5.41) is 2.04. The lowest BCUT2D eigenvalue weighted by Crippen LogP contribution is -2.37. The molecule has 0 saturated carbocycles. The van der Waals surface area contributed by atoms with E-state index < -0.39 is 11.8 Å². The van der Waals surface area contributed by atoms with E-state index in [1.165, 1.54) is 23.1 Å². The second-order valence-electron chi connectivity index (χ2n) is 7.13. The number of carbonyl (C=O) groups excluding carboxylic acids is 2. The van der Waals surface area contributed by atoms with Crippen molar-refractivity contribution in [1.82, 2.24) is 0 Å². The quantitative estimate of drug-likeness (QED) is 0.564. The summed E-state index contributed by atoms with van der Waals surface area (Å²) in [6.45, 7) is -0.00101. The Bertz CT molecular complexity index is 1220. The van der Waals surface area contributed by atoms with Gasteiger partial charge in [0.05, 0.1) is 22.0 Å². The average molecular weight is 408 g/mol. The minimum Gasteiger partial charge on any atom is -0.456 e. The van der Waals surface area contributed by atoms with Crippen LogP contribution in [0.25, 0.3) is 10.8 Å². The van der Waals surface area contributed by atoms with Gasteiger partial charge in [-0.05, 0) is 34.5 Å². The van der Waals surface area contributed by atoms with E-state index in [1.807, 2.05) is 42.5 Å². The van der Waals surface area contributed by atoms with Crippen LogP contribution in [0.2, 0.25) is 5.02 Å². The summed E-state index contributed by atoms with van der Waals surface area (Å²) in [6, 6.07) is 17.9. The summed E-state index contributed by atoms with van der Waals surface area (Å²) in [4.78, 5) is 27.1. The fourth-order valence-electron chi connectivity index (χ4n) is 4.09. The van der Waals surface area contributed by atoms with Crippen molar-refractivity contribution < 1.29 is 18.7 Å². The first-order valence-electron chi connectivity index (χ1n) is 9.20. The molecular weight excluding hydrogens is 393 g/mol. The van der Waals surface area contributed by atoms with Gasteiger partial charge in [0.15, 0.2) is 0 Å². The van der Waals surface area contributed by atoms with Gasteiger partial charge in [0.1, 0.15) is 12.4 Å². The number of nitrogens with zero attached hydrogens (tertiary/aromatic N) is 1. The van der Waals surface area contributed by atoms with Crippen LogP contribution in [0.5, 0.6) is 0 Å². The smallest absolute Gasteiger partial charge is 0.336 e. The van der Waals surface area contributed by atoms with Crippen molar-refractivity contribution >= 4 is 39.9 Å². The average Bonchev–Trinajstić information content (AvgIpc) is 3.10. The molecule has 0 bridgehead atoms. The highest BCUT2D eigenvalue weighted by Gasteiger charge is 2.43. The Morgan fingerprint density at radius 3 is 2.59 bits per heavy atom. The van der Waals surface area contributed by atoms with E-state index >= 15 is 0 Å². The maximum atomic E-state index is 13.6. The van der Waals surface area contributed by atoms with Crippen LogP contribution in [-0.2, 0) is 14.3 Å². The molecule has 0 aromatic heterocycles. The molecule has 0 spiro atoms. The molecule has 3 aromatic rings. The van der Waals surface area contributed by atoms with Crippen LogP contribution in [0, 0.1) is 5.82 Å². The predicted octanol–water partition coefficient (Wildman–Crippen LogP) is 4.96. The molecule has 0 aliphatic carbocycles. The SMILES string of the molecule is O=C1OCC2=C1C(c1ccc3ccccc3c1)CC(=O)N2c1ccc(F)c(Cl)c1. The van der Waals surface area contributed by atoms with Crippen LogP contribution in [-0.4, -0.2) is 18.5 Å². The van der Waals surface area contributed by atoms with Gasteiger partial charge in [-0.3, -0.25) is 9.69 Å². The van der Waals surface area contributed by atoms with Gasteiger partial charge in [-0.25, -0.2) is 9.18 Å². The maximum Gasteiger partial charge on any atom is 0.336 e. The number of rotatable bonds is 2. The van der Waals surface area contributed by atoms with Gasteiger partial charge < -0.3 is 4.74 Å². The molecule has 29 heavy (non-hydrogen) atoms. The molecule has 144 valence electrons. The highest BCUT2D eigenvalue weighted by Crippen LogP contribution is 2.42. The number of ether oxygens (including phenoxy) is 1. The first-order valence-corrected chi connectivity index (χ1v) is 9.57. The number of hydrogen-bond donors (Lipinski definition) is 0. The Balaban J connectivity index is 1.63. The topological polar surface area (TPSA) is 46.6 Å². The van der Waals surface area contributed by atoms with Crippen LogP contribution in [0.3, 0.4) is 0 Å². The highest BCUT2D eigenvalue weighted by molar-refractivity contribution is 6.31. The van der Waals surface area contributed by atoms with E-state index in [1.54, 1.807) is 0 Å². The summed E-state index contributed by atoms with van der Waals surface area (Å²) in [7, 11) is 0. The molecule has 2 aliphatic heterocycles. The third-order valence-corrected chi connectivity index (χ3v) is 5.74. The number of benzene rings is 3. The van der Waals surface area contributed by atoms with Gasteiger partial charge in [0.25, 0.3) is 0 Å². The van der Waals surface area contributed by atoms with Gasteiger partial charge in [-0.2, -0.15) is 0 Å². The Hall–Kier alpha value is -3.18. The van der Waals surface area contributed by atoms with Crippen LogP contribution in [0.15, 0.2) is 71.9 Å². The van der Waals surface area contributed by atoms with E-state index in [-0.39, 0.29) is 29.9 Å². The standard InChI is InChI=1S/C23H15ClFNO3/c24-18-10-16(7-8-19(18)25)26-20-12-29-23(28)22(20)17(11-21(26)27)15-6-5-13-3-1-2-4-14(13)9-15/h1-10,17H,11-12H2. The van der Waals surface area contributed by atoms with Crippen molar-refractivity contribution in [2.75, 3.05) is 11.5 Å². The molecule has 0 saturated heterocycles. The van der Waals surface area contributed by atoms with E-state index in [2.05, 4.69) is 0 Å². The third-order valence-electron chi connectivity index (χ3n) is 5.45. The molecule has 1 amide bonds. The van der Waals surface area contributed by atoms with Crippen LogP contribution in [0.4, 0.5) is 10.1 Å². The molecule has 0 N–H and O–H groups in total. The fourth-order valence-corrected chi connectivity index (χ4v) is 4.26. The first-order chi connectivity index (χ1) is 14.0. The lowest BCUT2D eigenvalue weighted by Gasteiger charge is -2.32. The van der Waals surface area contributed by atoms with E-state index in [9.17, 15) is 14.0 Å². The molecule has 0 radical (unpaired) electrons. The van der Waals surface area contributed by atoms with Crippen molar-refractivity contribution in [2.45, 2.75) is 12.3 Å². The van der Waals surface area contributed by atoms with Crippen molar-refractivity contribution in [1.29, 1.82) is 0 Å². The summed E-state index contributed by atoms with van der Waals surface area (Å²) in [6.07, 6.45) is 0.112. The number of cyclic esters (lactones) is 1. The monoisotopic (exact) mass is 407 g/mol. The van der Waals surface area contributed by atoms with E-state index in [0.717, 1.165) is 16.3 Å².